The van der Waals surface area contributed by atoms with Crippen molar-refractivity contribution in [2.24, 2.45) is 0 Å². The van der Waals surface area contributed by atoms with E-state index in [-0.39, 0.29) is 5.91 Å². The largest absolute Gasteiger partial charge is 0.303 e. The summed E-state index contributed by atoms with van der Waals surface area (Å²) in [6.07, 6.45) is 1.56. The van der Waals surface area contributed by atoms with E-state index >= 15 is 0 Å². The summed E-state index contributed by atoms with van der Waals surface area (Å²) < 4.78 is 0. The average molecular weight is 158 g/mol. The Bertz CT molecular complexity index is 209. The molecule has 1 heterocycles. The quantitative estimate of drug-likeness (QED) is 0.635. The summed E-state index contributed by atoms with van der Waals surface area (Å²) in [7, 11) is 1.38. The Morgan fingerprint density at radius 3 is 3.20 bits per heavy atom. The second-order valence-electron chi connectivity index (χ2n) is 1.47. The van der Waals surface area contributed by atoms with Gasteiger partial charge in [-0.15, -0.1) is 11.3 Å². The molecule has 0 aliphatic heterocycles. The van der Waals surface area contributed by atoms with E-state index in [0.717, 1.165) is 0 Å². The van der Waals surface area contributed by atoms with E-state index in [1.54, 1.807) is 11.6 Å². The lowest BCUT2D eigenvalue weighted by molar-refractivity contribution is 0.0537. The maximum Gasteiger partial charge on any atom is 0.303 e. The number of nitrogens with zero attached hydrogens (tertiary/aromatic N) is 1. The number of hydrogen-bond acceptors (Lipinski definition) is 4. The van der Waals surface area contributed by atoms with Gasteiger partial charge in [-0.25, -0.2) is 10.5 Å². The van der Waals surface area contributed by atoms with Crippen molar-refractivity contribution in [1.82, 2.24) is 10.5 Å². The number of carbonyl (C=O) groups is 1. The molecule has 0 bridgehead atoms. The van der Waals surface area contributed by atoms with Crippen molar-refractivity contribution >= 4 is 17.2 Å². The molecule has 0 atom stereocenters. The first-order chi connectivity index (χ1) is 4.84. The summed E-state index contributed by atoms with van der Waals surface area (Å²) >= 11 is 1.27. The van der Waals surface area contributed by atoms with Crippen LogP contribution in [0.4, 0.5) is 0 Å². The third-order valence-electron chi connectivity index (χ3n) is 0.821. The monoisotopic (exact) mass is 158 g/mol. The Morgan fingerprint density at radius 1 is 1.90 bits per heavy atom. The molecule has 0 saturated carbocycles. The molecule has 1 aromatic heterocycles. The number of amides is 1. The van der Waals surface area contributed by atoms with Crippen molar-refractivity contribution in [1.29, 1.82) is 0 Å². The minimum absolute atomic E-state index is 0.308. The van der Waals surface area contributed by atoms with E-state index in [2.05, 4.69) is 15.3 Å². The normalized spacial score (nSPS) is 9.30. The van der Waals surface area contributed by atoms with Crippen LogP contribution < -0.4 is 5.48 Å². The highest BCUT2D eigenvalue weighted by atomic mass is 32.1. The van der Waals surface area contributed by atoms with Crippen LogP contribution in [0.1, 0.15) is 9.80 Å². The average Bonchev–Trinajstić information content (AvgIpc) is 2.38. The summed E-state index contributed by atoms with van der Waals surface area (Å²) in [4.78, 5) is 19.0. The van der Waals surface area contributed by atoms with Gasteiger partial charge in [0, 0.05) is 11.6 Å². The predicted octanol–water partition coefficient (Wildman–Crippen LogP) is 0.434. The Hall–Kier alpha value is -0.940. The molecule has 1 aromatic rings. The first-order valence-corrected chi connectivity index (χ1v) is 3.45. The second kappa shape index (κ2) is 3.28. The van der Waals surface area contributed by atoms with Crippen LogP contribution in [0, 0.1) is 0 Å². The molecule has 1 amide bonds. The minimum Gasteiger partial charge on any atom is -0.277 e. The lowest BCUT2D eigenvalue weighted by Crippen LogP contribution is -2.21. The third-order valence-corrected chi connectivity index (χ3v) is 1.59. The molecule has 0 aliphatic carbocycles. The van der Waals surface area contributed by atoms with Gasteiger partial charge in [0.15, 0.2) is 5.01 Å². The van der Waals surface area contributed by atoms with Crippen LogP contribution in [-0.2, 0) is 4.84 Å². The number of rotatable bonds is 2. The molecule has 0 saturated heterocycles. The van der Waals surface area contributed by atoms with Gasteiger partial charge in [-0.05, 0) is 0 Å². The predicted molar refractivity (Wildman–Crippen MR) is 36.6 cm³/mol. The number of hydrogen-bond donors (Lipinski definition) is 1. The number of aromatic nitrogens is 1. The van der Waals surface area contributed by atoms with Gasteiger partial charge in [-0.1, -0.05) is 0 Å². The van der Waals surface area contributed by atoms with E-state index < -0.39 is 0 Å². The van der Waals surface area contributed by atoms with Gasteiger partial charge in [0.2, 0.25) is 0 Å². The lowest BCUT2D eigenvalue weighted by Gasteiger charge is -1.95. The van der Waals surface area contributed by atoms with Crippen LogP contribution in [0.2, 0.25) is 0 Å². The molecular weight excluding hydrogens is 152 g/mol. The van der Waals surface area contributed by atoms with Gasteiger partial charge in [0.25, 0.3) is 0 Å². The molecule has 0 aliphatic rings. The molecule has 1 rings (SSSR count). The van der Waals surface area contributed by atoms with Crippen molar-refractivity contribution in [3.05, 3.63) is 16.6 Å². The maximum absolute atomic E-state index is 10.8. The molecular formula is C5H6N2O2S. The zero-order valence-electron chi connectivity index (χ0n) is 5.33. The van der Waals surface area contributed by atoms with Gasteiger partial charge in [-0.3, -0.25) is 9.63 Å². The van der Waals surface area contributed by atoms with Crippen LogP contribution >= 0.6 is 11.3 Å². The van der Waals surface area contributed by atoms with Gasteiger partial charge in [0.05, 0.1) is 7.11 Å². The van der Waals surface area contributed by atoms with Crippen LogP contribution in [0.5, 0.6) is 0 Å². The van der Waals surface area contributed by atoms with Gasteiger partial charge >= 0.3 is 5.91 Å². The molecule has 54 valence electrons. The van der Waals surface area contributed by atoms with Gasteiger partial charge in [0.1, 0.15) is 0 Å². The second-order valence-corrected chi connectivity index (χ2v) is 2.37. The SMILES string of the molecule is CONC(=O)c1nccs1. The summed E-state index contributed by atoms with van der Waals surface area (Å²) in [5.41, 5.74) is 2.16. The fourth-order valence-electron chi connectivity index (χ4n) is 0.472. The summed E-state index contributed by atoms with van der Waals surface area (Å²) in [6, 6.07) is 0. The first kappa shape index (κ1) is 7.17. The highest BCUT2D eigenvalue weighted by Crippen LogP contribution is 2.02. The minimum atomic E-state index is -0.308. The number of nitrogens with one attached hydrogen (secondary N) is 1. The standard InChI is InChI=1S/C5H6N2O2S/c1-9-7-4(8)5-6-2-3-10-5/h2-3H,1H3,(H,7,8). The van der Waals surface area contributed by atoms with Crippen LogP contribution in [-0.4, -0.2) is 18.0 Å². The van der Waals surface area contributed by atoms with E-state index in [0.29, 0.717) is 5.01 Å². The Kier molecular flexibility index (Phi) is 2.35. The zero-order chi connectivity index (χ0) is 7.40. The Labute approximate surface area is 61.8 Å². The molecule has 1 N–H and O–H groups in total. The number of carbonyl (C=O) groups excluding carboxylic acids is 1. The fourth-order valence-corrected chi connectivity index (χ4v) is 0.993. The van der Waals surface area contributed by atoms with Gasteiger partial charge < -0.3 is 0 Å². The van der Waals surface area contributed by atoms with Gasteiger partial charge in [-0.2, -0.15) is 0 Å². The smallest absolute Gasteiger partial charge is 0.277 e. The van der Waals surface area contributed by atoms with Crippen LogP contribution in [0.3, 0.4) is 0 Å². The summed E-state index contributed by atoms with van der Waals surface area (Å²) in [5, 5.41) is 2.13. The molecule has 5 heteroatoms. The molecule has 0 aromatic carbocycles. The maximum atomic E-state index is 10.8. The summed E-state index contributed by atoms with van der Waals surface area (Å²) in [5.74, 6) is -0.308. The molecule has 0 fully saturated rings. The molecule has 0 radical (unpaired) electrons. The van der Waals surface area contributed by atoms with E-state index in [4.69, 9.17) is 0 Å². The van der Waals surface area contributed by atoms with Crippen molar-refractivity contribution in [3.63, 3.8) is 0 Å². The van der Waals surface area contributed by atoms with Crippen LogP contribution in [0.25, 0.3) is 0 Å². The topological polar surface area (TPSA) is 51.2 Å². The molecule has 4 nitrogen and oxygen atoms in total. The highest BCUT2D eigenvalue weighted by Gasteiger charge is 2.05. The Balaban J connectivity index is 2.59. The number of thiazole rings is 1. The molecule has 10 heavy (non-hydrogen) atoms. The van der Waals surface area contributed by atoms with E-state index in [9.17, 15) is 4.79 Å². The lowest BCUT2D eigenvalue weighted by atomic mass is 10.7. The fraction of sp³-hybridized carbons (Fsp3) is 0.200. The summed E-state index contributed by atoms with van der Waals surface area (Å²) in [6.45, 7) is 0. The van der Waals surface area contributed by atoms with E-state index in [1.807, 2.05) is 0 Å². The van der Waals surface area contributed by atoms with Crippen molar-refractivity contribution in [3.8, 4) is 0 Å². The van der Waals surface area contributed by atoms with E-state index in [1.165, 1.54) is 18.4 Å². The van der Waals surface area contributed by atoms with Crippen LogP contribution in [0.15, 0.2) is 11.6 Å². The van der Waals surface area contributed by atoms with Crippen molar-refractivity contribution < 1.29 is 9.63 Å². The molecule has 0 spiro atoms. The first-order valence-electron chi connectivity index (χ1n) is 2.57. The Morgan fingerprint density at radius 2 is 2.70 bits per heavy atom. The molecule has 0 unspecified atom stereocenters. The van der Waals surface area contributed by atoms with Crippen molar-refractivity contribution in [2.75, 3.05) is 7.11 Å². The zero-order valence-corrected chi connectivity index (χ0v) is 6.14. The highest BCUT2D eigenvalue weighted by molar-refractivity contribution is 7.11. The van der Waals surface area contributed by atoms with Crippen molar-refractivity contribution in [2.45, 2.75) is 0 Å². The number of hydroxylamine groups is 1. The third kappa shape index (κ3) is 1.52.